The molecular formula is C22H18N2O4. The van der Waals surface area contributed by atoms with Crippen molar-refractivity contribution >= 4 is 18.1 Å². The van der Waals surface area contributed by atoms with Crippen LogP contribution >= 0.6 is 0 Å². The second-order valence-corrected chi connectivity index (χ2v) is 5.72. The molecule has 0 fully saturated rings. The summed E-state index contributed by atoms with van der Waals surface area (Å²) in [5.74, 6) is 0.245. The third-order valence-electron chi connectivity index (χ3n) is 3.62. The second kappa shape index (κ2) is 9.68. The number of benzene rings is 3. The number of nitrogens with zero attached hydrogens (tertiary/aromatic N) is 1. The predicted molar refractivity (Wildman–Crippen MR) is 106 cm³/mol. The highest BCUT2D eigenvalue weighted by atomic mass is 16.5. The van der Waals surface area contributed by atoms with Crippen LogP contribution in [-0.4, -0.2) is 24.7 Å². The number of carbonyl (C=O) groups excluding carboxylic acids is 2. The van der Waals surface area contributed by atoms with Crippen LogP contribution in [0.5, 0.6) is 11.5 Å². The maximum atomic E-state index is 12.0. The molecule has 28 heavy (non-hydrogen) atoms. The Hall–Kier alpha value is -3.93. The molecule has 3 aromatic carbocycles. The summed E-state index contributed by atoms with van der Waals surface area (Å²) in [5.41, 5.74) is 3.61. The molecule has 0 unspecified atom stereocenters. The first-order valence-corrected chi connectivity index (χ1v) is 8.58. The lowest BCUT2D eigenvalue weighted by molar-refractivity contribution is -0.123. The Balaban J connectivity index is 1.46. The number of rotatable bonds is 7. The van der Waals surface area contributed by atoms with Crippen molar-refractivity contribution in [3.63, 3.8) is 0 Å². The molecule has 0 saturated carbocycles. The number of ether oxygens (including phenoxy) is 2. The fourth-order valence-corrected chi connectivity index (χ4v) is 2.24. The SMILES string of the molecule is O=C(COc1ccccc1)N/N=C\c1ccc(OC(=O)c2ccccc2)cc1. The highest BCUT2D eigenvalue weighted by Gasteiger charge is 2.07. The maximum Gasteiger partial charge on any atom is 0.343 e. The van der Waals surface area contributed by atoms with E-state index in [-0.39, 0.29) is 12.5 Å². The number of amides is 1. The molecule has 0 atom stereocenters. The van der Waals surface area contributed by atoms with Crippen LogP contribution in [0.2, 0.25) is 0 Å². The lowest BCUT2D eigenvalue weighted by Crippen LogP contribution is -2.24. The summed E-state index contributed by atoms with van der Waals surface area (Å²) in [6, 6.07) is 24.6. The van der Waals surface area contributed by atoms with E-state index in [0.29, 0.717) is 17.1 Å². The molecule has 0 aromatic heterocycles. The van der Waals surface area contributed by atoms with Gasteiger partial charge >= 0.3 is 5.97 Å². The van der Waals surface area contributed by atoms with E-state index in [1.807, 2.05) is 24.3 Å². The van der Waals surface area contributed by atoms with Crippen molar-refractivity contribution in [2.75, 3.05) is 6.61 Å². The lowest BCUT2D eigenvalue weighted by Gasteiger charge is -2.05. The highest BCUT2D eigenvalue weighted by Crippen LogP contribution is 2.13. The number of nitrogens with one attached hydrogen (secondary N) is 1. The molecule has 0 aliphatic heterocycles. The molecule has 3 aromatic rings. The van der Waals surface area contributed by atoms with Crippen molar-refractivity contribution in [2.45, 2.75) is 0 Å². The van der Waals surface area contributed by atoms with Crippen LogP contribution in [-0.2, 0) is 4.79 Å². The Morgan fingerprint density at radius 1 is 0.821 bits per heavy atom. The zero-order chi connectivity index (χ0) is 19.6. The molecule has 0 radical (unpaired) electrons. The summed E-state index contributed by atoms with van der Waals surface area (Å²) in [5, 5.41) is 3.88. The quantitative estimate of drug-likeness (QED) is 0.297. The van der Waals surface area contributed by atoms with E-state index in [4.69, 9.17) is 9.47 Å². The molecule has 0 aliphatic rings. The monoisotopic (exact) mass is 374 g/mol. The van der Waals surface area contributed by atoms with E-state index < -0.39 is 5.97 Å². The molecule has 0 heterocycles. The maximum absolute atomic E-state index is 12.0. The molecule has 0 bridgehead atoms. The van der Waals surface area contributed by atoms with Crippen LogP contribution in [0.3, 0.4) is 0 Å². The van der Waals surface area contributed by atoms with Crippen molar-refractivity contribution in [3.8, 4) is 11.5 Å². The summed E-state index contributed by atoms with van der Waals surface area (Å²) in [7, 11) is 0. The molecule has 6 heteroatoms. The van der Waals surface area contributed by atoms with E-state index in [9.17, 15) is 9.59 Å². The van der Waals surface area contributed by atoms with Gasteiger partial charge in [-0.1, -0.05) is 36.4 Å². The average Bonchev–Trinajstić information content (AvgIpc) is 2.75. The van der Waals surface area contributed by atoms with Gasteiger partial charge in [-0.3, -0.25) is 4.79 Å². The fourth-order valence-electron chi connectivity index (χ4n) is 2.24. The van der Waals surface area contributed by atoms with Crippen LogP contribution in [0, 0.1) is 0 Å². The topological polar surface area (TPSA) is 77.0 Å². The van der Waals surface area contributed by atoms with Gasteiger partial charge in [0.2, 0.25) is 0 Å². The zero-order valence-corrected chi connectivity index (χ0v) is 14.9. The second-order valence-electron chi connectivity index (χ2n) is 5.72. The predicted octanol–water partition coefficient (Wildman–Crippen LogP) is 3.43. The van der Waals surface area contributed by atoms with Crippen LogP contribution in [0.25, 0.3) is 0 Å². The third-order valence-corrected chi connectivity index (χ3v) is 3.62. The van der Waals surface area contributed by atoms with Gasteiger partial charge in [0.15, 0.2) is 6.61 Å². The van der Waals surface area contributed by atoms with Gasteiger partial charge in [0, 0.05) is 0 Å². The van der Waals surface area contributed by atoms with Gasteiger partial charge < -0.3 is 9.47 Å². The van der Waals surface area contributed by atoms with Gasteiger partial charge in [-0.05, 0) is 54.1 Å². The van der Waals surface area contributed by atoms with Crippen LogP contribution in [0.15, 0.2) is 90.0 Å². The molecule has 3 rings (SSSR count). The van der Waals surface area contributed by atoms with Gasteiger partial charge in [0.1, 0.15) is 11.5 Å². The number of hydrazone groups is 1. The number of hydrogen-bond acceptors (Lipinski definition) is 5. The molecule has 0 aliphatic carbocycles. The first-order valence-electron chi connectivity index (χ1n) is 8.58. The van der Waals surface area contributed by atoms with Crippen molar-refractivity contribution in [1.82, 2.24) is 5.43 Å². The minimum absolute atomic E-state index is 0.129. The molecule has 140 valence electrons. The summed E-state index contributed by atoms with van der Waals surface area (Å²) < 4.78 is 10.6. The summed E-state index contributed by atoms with van der Waals surface area (Å²) in [6.07, 6.45) is 1.49. The van der Waals surface area contributed by atoms with E-state index >= 15 is 0 Å². The van der Waals surface area contributed by atoms with Crippen LogP contribution in [0.4, 0.5) is 0 Å². The Kier molecular flexibility index (Phi) is 6.52. The van der Waals surface area contributed by atoms with Crippen molar-refractivity contribution in [2.24, 2.45) is 5.10 Å². The van der Waals surface area contributed by atoms with Gasteiger partial charge in [0.25, 0.3) is 5.91 Å². The normalized spacial score (nSPS) is 10.4. The lowest BCUT2D eigenvalue weighted by atomic mass is 10.2. The van der Waals surface area contributed by atoms with E-state index in [1.54, 1.807) is 60.7 Å². The van der Waals surface area contributed by atoms with Crippen molar-refractivity contribution in [3.05, 3.63) is 96.1 Å². The van der Waals surface area contributed by atoms with Gasteiger partial charge in [-0.25, -0.2) is 10.2 Å². The Labute approximate surface area is 162 Å². The minimum Gasteiger partial charge on any atom is -0.484 e. The number of para-hydroxylation sites is 1. The molecule has 6 nitrogen and oxygen atoms in total. The van der Waals surface area contributed by atoms with E-state index in [0.717, 1.165) is 5.56 Å². The Bertz CT molecular complexity index is 939. The number of hydrogen-bond donors (Lipinski definition) is 1. The van der Waals surface area contributed by atoms with Crippen molar-refractivity contribution in [1.29, 1.82) is 0 Å². The average molecular weight is 374 g/mol. The standard InChI is InChI=1S/C22H18N2O4/c25-21(16-27-19-9-5-2-6-10-19)24-23-15-17-11-13-20(14-12-17)28-22(26)18-7-3-1-4-8-18/h1-15H,16H2,(H,24,25)/b23-15-. The first kappa shape index (κ1) is 18.8. The highest BCUT2D eigenvalue weighted by molar-refractivity contribution is 5.91. The van der Waals surface area contributed by atoms with Crippen LogP contribution < -0.4 is 14.9 Å². The van der Waals surface area contributed by atoms with E-state index in [2.05, 4.69) is 10.5 Å². The zero-order valence-electron chi connectivity index (χ0n) is 14.9. The molecular weight excluding hydrogens is 356 g/mol. The molecule has 1 amide bonds. The van der Waals surface area contributed by atoms with Crippen molar-refractivity contribution < 1.29 is 19.1 Å². The first-order chi connectivity index (χ1) is 13.7. The third kappa shape index (κ3) is 5.81. The smallest absolute Gasteiger partial charge is 0.343 e. The van der Waals surface area contributed by atoms with Crippen LogP contribution in [0.1, 0.15) is 15.9 Å². The summed E-state index contributed by atoms with van der Waals surface area (Å²) >= 11 is 0. The largest absolute Gasteiger partial charge is 0.484 e. The molecule has 1 N–H and O–H groups in total. The van der Waals surface area contributed by atoms with Gasteiger partial charge in [-0.2, -0.15) is 5.10 Å². The Morgan fingerprint density at radius 3 is 2.14 bits per heavy atom. The minimum atomic E-state index is -0.423. The summed E-state index contributed by atoms with van der Waals surface area (Å²) in [4.78, 5) is 23.7. The fraction of sp³-hybridized carbons (Fsp3) is 0.0455. The number of carbonyl (C=O) groups is 2. The Morgan fingerprint density at radius 2 is 1.46 bits per heavy atom. The summed E-state index contributed by atoms with van der Waals surface area (Å²) in [6.45, 7) is -0.129. The molecule has 0 saturated heterocycles. The van der Waals surface area contributed by atoms with Gasteiger partial charge in [-0.15, -0.1) is 0 Å². The molecule has 0 spiro atoms. The van der Waals surface area contributed by atoms with E-state index in [1.165, 1.54) is 6.21 Å². The van der Waals surface area contributed by atoms with Gasteiger partial charge in [0.05, 0.1) is 11.8 Å². The number of esters is 1.